The zero-order valence-electron chi connectivity index (χ0n) is 22.7. The molecule has 11 heteroatoms. The fraction of sp³-hybridized carbons (Fsp3) is 0.519. The largest absolute Gasteiger partial charge is 0.493 e. The number of alkyl halides is 3. The number of carbonyl (C=O) groups is 1. The van der Waals surface area contributed by atoms with Crippen molar-refractivity contribution >= 4 is 40.0 Å². The van der Waals surface area contributed by atoms with Gasteiger partial charge in [0.25, 0.3) is 6.47 Å². The van der Waals surface area contributed by atoms with E-state index in [2.05, 4.69) is 26.9 Å². The van der Waals surface area contributed by atoms with Crippen LogP contribution in [-0.2, 0) is 15.7 Å². The van der Waals surface area contributed by atoms with Gasteiger partial charge in [-0.1, -0.05) is 52.9 Å². The Morgan fingerprint density at radius 2 is 1.71 bits per heavy atom. The lowest BCUT2D eigenvalue weighted by Crippen LogP contribution is -2.10. The van der Waals surface area contributed by atoms with Crippen molar-refractivity contribution in [2.24, 2.45) is 0 Å². The molecule has 0 saturated carbocycles. The molecule has 1 N–H and O–H groups in total. The number of hydrogen-bond acceptors (Lipinski definition) is 8. The monoisotopic (exact) mass is 573 g/mol. The Balaban J connectivity index is 0.000000924. The zero-order valence-corrected chi connectivity index (χ0v) is 24.3. The summed E-state index contributed by atoms with van der Waals surface area (Å²) >= 11 is 2.81. The van der Waals surface area contributed by atoms with E-state index in [0.29, 0.717) is 29.6 Å². The van der Waals surface area contributed by atoms with E-state index in [0.717, 1.165) is 42.5 Å². The molecule has 0 bridgehead atoms. The van der Waals surface area contributed by atoms with Crippen molar-refractivity contribution in [1.29, 1.82) is 0 Å². The summed E-state index contributed by atoms with van der Waals surface area (Å²) in [6.07, 6.45) is 1.82. The van der Waals surface area contributed by atoms with Crippen molar-refractivity contribution in [3.63, 3.8) is 0 Å². The molecule has 1 aromatic carbocycles. The summed E-state index contributed by atoms with van der Waals surface area (Å²) in [7, 11) is 0. The number of thiazole rings is 2. The number of rotatable bonds is 13. The average Bonchev–Trinajstić information content (AvgIpc) is 3.54. The fourth-order valence-corrected chi connectivity index (χ4v) is 4.66. The van der Waals surface area contributed by atoms with Gasteiger partial charge >= 0.3 is 6.18 Å². The highest BCUT2D eigenvalue weighted by atomic mass is 32.1. The second kappa shape index (κ2) is 18.6. The van der Waals surface area contributed by atoms with E-state index < -0.39 is 11.7 Å². The maximum atomic E-state index is 13.6. The number of nitrogens with one attached hydrogen (secondary N) is 1. The number of benzene rings is 1. The van der Waals surface area contributed by atoms with E-state index in [4.69, 9.17) is 4.74 Å². The molecule has 6 nitrogen and oxygen atoms in total. The van der Waals surface area contributed by atoms with E-state index in [9.17, 15) is 18.0 Å². The van der Waals surface area contributed by atoms with Crippen LogP contribution in [0.25, 0.3) is 10.7 Å². The number of nitrogens with zero attached hydrogens (tertiary/aromatic N) is 2. The first-order chi connectivity index (χ1) is 18.3. The molecule has 2 heterocycles. The molecule has 3 rings (SSSR count). The number of unbranched alkanes of at least 4 members (excludes halogenated alkanes) is 5. The molecule has 0 unspecified atom stereocenters. The van der Waals surface area contributed by atoms with Crippen LogP contribution in [0.3, 0.4) is 0 Å². The fourth-order valence-electron chi connectivity index (χ4n) is 3.11. The van der Waals surface area contributed by atoms with E-state index in [1.54, 1.807) is 13.0 Å². The van der Waals surface area contributed by atoms with Gasteiger partial charge in [0.05, 0.1) is 18.8 Å². The quantitative estimate of drug-likeness (QED) is 0.162. The summed E-state index contributed by atoms with van der Waals surface area (Å²) in [5, 5.41) is 8.03. The van der Waals surface area contributed by atoms with Gasteiger partial charge in [-0.05, 0) is 38.5 Å². The third-order valence-electron chi connectivity index (χ3n) is 4.87. The summed E-state index contributed by atoms with van der Waals surface area (Å²) in [4.78, 5) is 18.0. The minimum Gasteiger partial charge on any atom is -0.493 e. The normalized spacial score (nSPS) is 10.5. The third-order valence-corrected chi connectivity index (χ3v) is 6.61. The SMILES string of the molecule is CC.CCCCCCCCOc1ccc(Nc2nc(-c3nc(C)cs3)cs2)cc1C(F)(F)F.CCOC=O. The molecule has 0 saturated heterocycles. The second-order valence-electron chi connectivity index (χ2n) is 7.83. The molecule has 38 heavy (non-hydrogen) atoms. The lowest BCUT2D eigenvalue weighted by molar-refractivity contribution is -0.139. The van der Waals surface area contributed by atoms with E-state index in [1.165, 1.54) is 41.6 Å². The molecular weight excluding hydrogens is 535 g/mol. The van der Waals surface area contributed by atoms with Crippen LogP contribution in [0.5, 0.6) is 5.75 Å². The molecule has 2 aromatic heterocycles. The highest BCUT2D eigenvalue weighted by Crippen LogP contribution is 2.39. The van der Waals surface area contributed by atoms with Crippen LogP contribution < -0.4 is 10.1 Å². The van der Waals surface area contributed by atoms with Crippen LogP contribution in [0.4, 0.5) is 24.0 Å². The number of aromatic nitrogens is 2. The van der Waals surface area contributed by atoms with Gasteiger partial charge in [0.2, 0.25) is 0 Å². The summed E-state index contributed by atoms with van der Waals surface area (Å²) < 4.78 is 50.4. The number of carbonyl (C=O) groups excluding carboxylic acids is 1. The maximum Gasteiger partial charge on any atom is 0.420 e. The molecule has 0 aliphatic rings. The van der Waals surface area contributed by atoms with Crippen LogP contribution >= 0.6 is 22.7 Å². The minimum atomic E-state index is -4.50. The first-order valence-corrected chi connectivity index (χ1v) is 14.6. The lowest BCUT2D eigenvalue weighted by atomic mass is 10.1. The van der Waals surface area contributed by atoms with Crippen molar-refractivity contribution in [3.05, 3.63) is 40.2 Å². The molecule has 0 aliphatic carbocycles. The van der Waals surface area contributed by atoms with Gasteiger partial charge in [0, 0.05) is 22.1 Å². The van der Waals surface area contributed by atoms with E-state index >= 15 is 0 Å². The molecule has 0 atom stereocenters. The molecular formula is C27H38F3N3O3S2. The summed E-state index contributed by atoms with van der Waals surface area (Å²) in [5.74, 6) is -0.135. The molecule has 212 valence electrons. The summed E-state index contributed by atoms with van der Waals surface area (Å²) in [5.41, 5.74) is 1.15. The molecule has 0 fully saturated rings. The standard InChI is InChI=1S/C22H26F3N3OS2.C3H6O2.C2H6/c1-3-4-5-6-7-8-11-29-19-10-9-16(12-17(19)22(23,24)25)27-21-28-18(14-31-21)20-26-15(2)13-30-20;1-2-5-3-4;1-2/h9-10,12-14H,3-8,11H2,1-2H3,(H,27,28);3H,2H2,1H3;1-2H3. The Morgan fingerprint density at radius 1 is 1.00 bits per heavy atom. The smallest absolute Gasteiger partial charge is 0.420 e. The Kier molecular flexibility index (Phi) is 16.3. The Morgan fingerprint density at radius 3 is 2.29 bits per heavy atom. The minimum absolute atomic E-state index is 0.135. The average molecular weight is 574 g/mol. The van der Waals surface area contributed by atoms with Gasteiger partial charge < -0.3 is 14.8 Å². The van der Waals surface area contributed by atoms with Crippen LogP contribution in [0.15, 0.2) is 29.0 Å². The van der Waals surface area contributed by atoms with Crippen molar-refractivity contribution < 1.29 is 27.4 Å². The molecule has 3 aromatic rings. The Bertz CT molecular complexity index is 1060. The van der Waals surface area contributed by atoms with E-state index in [-0.39, 0.29) is 12.4 Å². The van der Waals surface area contributed by atoms with Crippen molar-refractivity contribution in [3.8, 4) is 16.5 Å². The van der Waals surface area contributed by atoms with Gasteiger partial charge in [-0.15, -0.1) is 22.7 Å². The predicted molar refractivity (Wildman–Crippen MR) is 151 cm³/mol. The van der Waals surface area contributed by atoms with Crippen molar-refractivity contribution in [2.45, 2.75) is 79.3 Å². The predicted octanol–water partition coefficient (Wildman–Crippen LogP) is 9.28. The lowest BCUT2D eigenvalue weighted by Gasteiger charge is -2.15. The van der Waals surface area contributed by atoms with Crippen LogP contribution in [0, 0.1) is 6.92 Å². The van der Waals surface area contributed by atoms with Crippen LogP contribution in [0.1, 0.15) is 77.5 Å². The first kappa shape index (κ1) is 33.4. The number of hydrogen-bond donors (Lipinski definition) is 1. The second-order valence-corrected chi connectivity index (χ2v) is 9.55. The van der Waals surface area contributed by atoms with Gasteiger partial charge in [-0.3, -0.25) is 4.79 Å². The van der Waals surface area contributed by atoms with Gasteiger partial charge in [0.15, 0.2) is 5.13 Å². The maximum absolute atomic E-state index is 13.6. The van der Waals surface area contributed by atoms with Crippen LogP contribution in [-0.4, -0.2) is 29.7 Å². The van der Waals surface area contributed by atoms with Gasteiger partial charge in [-0.25, -0.2) is 9.97 Å². The molecule has 0 spiro atoms. The van der Waals surface area contributed by atoms with Gasteiger partial charge in [-0.2, -0.15) is 13.2 Å². The topological polar surface area (TPSA) is 73.3 Å². The number of ether oxygens (including phenoxy) is 2. The highest BCUT2D eigenvalue weighted by molar-refractivity contribution is 7.15. The Labute approximate surface area is 231 Å². The third kappa shape index (κ3) is 12.3. The van der Waals surface area contributed by atoms with E-state index in [1.807, 2.05) is 31.5 Å². The Hall–Kier alpha value is -2.66. The number of halogens is 3. The highest BCUT2D eigenvalue weighted by Gasteiger charge is 2.34. The van der Waals surface area contributed by atoms with Crippen LogP contribution in [0.2, 0.25) is 0 Å². The van der Waals surface area contributed by atoms with Crippen molar-refractivity contribution in [2.75, 3.05) is 18.5 Å². The molecule has 0 radical (unpaired) electrons. The first-order valence-electron chi connectivity index (χ1n) is 12.8. The molecule has 0 amide bonds. The number of anilines is 2. The number of aryl methyl sites for hydroxylation is 1. The summed E-state index contributed by atoms with van der Waals surface area (Å²) in [6, 6.07) is 4.03. The zero-order chi connectivity index (χ0) is 28.4. The van der Waals surface area contributed by atoms with Crippen molar-refractivity contribution in [1.82, 2.24) is 9.97 Å². The van der Waals surface area contributed by atoms with Gasteiger partial charge in [0.1, 0.15) is 16.5 Å². The molecule has 0 aliphatic heterocycles. The summed E-state index contributed by atoms with van der Waals surface area (Å²) in [6.45, 7) is 11.0.